The second-order valence-corrected chi connectivity index (χ2v) is 9.86. The minimum atomic E-state index is -3.91. The summed E-state index contributed by atoms with van der Waals surface area (Å²) in [7, 11) is -3.91. The first-order chi connectivity index (χ1) is 14.9. The molecule has 0 spiro atoms. The van der Waals surface area contributed by atoms with Gasteiger partial charge in [-0.05, 0) is 42.8 Å². The topological polar surface area (TPSA) is 90.0 Å². The number of benzene rings is 2. The number of hydrogen-bond acceptors (Lipinski definition) is 6. The molecule has 0 fully saturated rings. The lowest BCUT2D eigenvalue weighted by Gasteiger charge is -2.07. The van der Waals surface area contributed by atoms with Gasteiger partial charge >= 0.3 is 0 Å². The van der Waals surface area contributed by atoms with Crippen molar-refractivity contribution in [1.82, 2.24) is 14.5 Å². The Morgan fingerprint density at radius 3 is 2.61 bits per heavy atom. The highest BCUT2D eigenvalue weighted by Gasteiger charge is 2.29. The van der Waals surface area contributed by atoms with Gasteiger partial charge in [-0.3, -0.25) is 0 Å². The number of aryl methyl sites for hydroxylation is 1. The van der Waals surface area contributed by atoms with Crippen molar-refractivity contribution in [1.29, 1.82) is 0 Å². The monoisotopic (exact) mass is 520 g/mol. The number of imidazole rings is 1. The average molecular weight is 522 g/mol. The molecule has 0 atom stereocenters. The number of oxazole rings is 1. The molecule has 0 bridgehead atoms. The highest BCUT2D eigenvalue weighted by molar-refractivity contribution is 9.10. The first-order valence-electron chi connectivity index (χ1n) is 9.41. The Kier molecular flexibility index (Phi) is 6.45. The maximum absolute atomic E-state index is 13.3. The number of halogens is 2. The molecule has 2 aromatic heterocycles. The van der Waals surface area contributed by atoms with Gasteiger partial charge in [-0.15, -0.1) is 0 Å². The van der Waals surface area contributed by atoms with Gasteiger partial charge in [0.05, 0.1) is 21.8 Å². The summed E-state index contributed by atoms with van der Waals surface area (Å²) in [6.07, 6.45) is 6.04. The first kappa shape index (κ1) is 21.6. The molecular formula is C21H18BrClN4O3S. The number of nitrogens with one attached hydrogen (secondary N) is 1. The summed E-state index contributed by atoms with van der Waals surface area (Å²) in [5, 5.41) is 3.32. The van der Waals surface area contributed by atoms with Gasteiger partial charge in [0.15, 0.2) is 0 Å². The van der Waals surface area contributed by atoms with Crippen LogP contribution in [0, 0.1) is 0 Å². The van der Waals surface area contributed by atoms with E-state index in [0.717, 1.165) is 17.4 Å². The van der Waals surface area contributed by atoms with Crippen LogP contribution in [0.2, 0.25) is 5.02 Å². The second-order valence-electron chi connectivity index (χ2n) is 6.67. The molecule has 0 saturated heterocycles. The molecule has 4 rings (SSSR count). The Morgan fingerprint density at radius 2 is 1.90 bits per heavy atom. The molecule has 0 aliphatic heterocycles. The smallest absolute Gasteiger partial charge is 0.233 e. The van der Waals surface area contributed by atoms with Gasteiger partial charge in [0.2, 0.25) is 26.6 Å². The molecule has 7 nitrogen and oxygen atoms in total. The summed E-state index contributed by atoms with van der Waals surface area (Å²) in [5.41, 5.74) is 0.517. The zero-order chi connectivity index (χ0) is 21.8. The maximum atomic E-state index is 13.3. The summed E-state index contributed by atoms with van der Waals surface area (Å²) in [6.45, 7) is 1.21. The van der Waals surface area contributed by atoms with Crippen molar-refractivity contribution in [3.8, 4) is 11.5 Å². The van der Waals surface area contributed by atoms with Gasteiger partial charge < -0.3 is 14.3 Å². The predicted octanol–water partition coefficient (Wildman–Crippen LogP) is 5.29. The maximum Gasteiger partial charge on any atom is 0.233 e. The van der Waals surface area contributed by atoms with Gasteiger partial charge in [0, 0.05) is 30.0 Å². The van der Waals surface area contributed by atoms with Crippen LogP contribution in [-0.2, 0) is 16.4 Å². The van der Waals surface area contributed by atoms with Crippen molar-refractivity contribution < 1.29 is 12.8 Å². The summed E-state index contributed by atoms with van der Waals surface area (Å²) in [6, 6.07) is 13.4. The van der Waals surface area contributed by atoms with E-state index in [1.165, 1.54) is 12.1 Å². The second kappa shape index (κ2) is 9.25. The molecular weight excluding hydrogens is 504 g/mol. The highest BCUT2D eigenvalue weighted by atomic mass is 79.9. The lowest BCUT2D eigenvalue weighted by molar-refractivity contribution is 0.571. The standard InChI is InChI=1S/C21H18BrClN4O3S/c22-15-6-8-16(9-7-15)31(28,29)21-20(25-10-3-12-27-13-11-24-14-27)30-19(26-21)17-4-1-2-5-18(17)23/h1-2,4-9,11,13-14,25H,3,10,12H2. The van der Waals surface area contributed by atoms with E-state index in [0.29, 0.717) is 17.1 Å². The number of sulfone groups is 1. The van der Waals surface area contributed by atoms with E-state index in [1.807, 2.05) is 10.8 Å². The minimum absolute atomic E-state index is 0.0865. The summed E-state index contributed by atoms with van der Waals surface area (Å²) < 4.78 is 35.1. The molecule has 1 N–H and O–H groups in total. The Bertz CT molecular complexity index is 1270. The Hall–Kier alpha value is -2.62. The van der Waals surface area contributed by atoms with E-state index in [-0.39, 0.29) is 21.7 Å². The average Bonchev–Trinajstić information content (AvgIpc) is 3.42. The van der Waals surface area contributed by atoms with Crippen molar-refractivity contribution >= 4 is 43.3 Å². The number of aromatic nitrogens is 3. The highest BCUT2D eigenvalue weighted by Crippen LogP contribution is 2.35. The first-order valence-corrected chi connectivity index (χ1v) is 12.1. The predicted molar refractivity (Wildman–Crippen MR) is 122 cm³/mol. The van der Waals surface area contributed by atoms with Crippen molar-refractivity contribution in [2.24, 2.45) is 0 Å². The molecule has 31 heavy (non-hydrogen) atoms. The molecule has 2 heterocycles. The van der Waals surface area contributed by atoms with Crippen LogP contribution >= 0.6 is 27.5 Å². The number of anilines is 1. The van der Waals surface area contributed by atoms with Gasteiger partial charge in [0.1, 0.15) is 0 Å². The third-order valence-electron chi connectivity index (χ3n) is 4.52. The van der Waals surface area contributed by atoms with Gasteiger partial charge in [-0.25, -0.2) is 13.4 Å². The molecule has 0 radical (unpaired) electrons. The molecule has 0 amide bonds. The van der Waals surface area contributed by atoms with Crippen LogP contribution < -0.4 is 5.32 Å². The molecule has 10 heteroatoms. The van der Waals surface area contributed by atoms with Crippen molar-refractivity contribution in [3.05, 3.63) is 76.7 Å². The van der Waals surface area contributed by atoms with Crippen molar-refractivity contribution in [3.63, 3.8) is 0 Å². The Labute approximate surface area is 193 Å². The fraction of sp³-hybridized carbons (Fsp3) is 0.143. The third kappa shape index (κ3) is 4.84. The third-order valence-corrected chi connectivity index (χ3v) is 7.05. The number of nitrogens with zero attached hydrogens (tertiary/aromatic N) is 3. The Balaban J connectivity index is 1.66. The van der Waals surface area contributed by atoms with E-state index >= 15 is 0 Å². The lowest BCUT2D eigenvalue weighted by Crippen LogP contribution is -2.10. The van der Waals surface area contributed by atoms with E-state index in [9.17, 15) is 8.42 Å². The van der Waals surface area contributed by atoms with Crippen LogP contribution in [0.15, 0.2) is 86.1 Å². The summed E-state index contributed by atoms with van der Waals surface area (Å²) in [4.78, 5) is 8.44. The quantitative estimate of drug-likeness (QED) is 0.317. The van der Waals surface area contributed by atoms with Crippen LogP contribution in [0.1, 0.15) is 6.42 Å². The van der Waals surface area contributed by atoms with Crippen LogP contribution in [0.3, 0.4) is 0 Å². The van der Waals surface area contributed by atoms with Crippen molar-refractivity contribution in [2.75, 3.05) is 11.9 Å². The van der Waals surface area contributed by atoms with E-state index in [2.05, 4.69) is 31.2 Å². The fourth-order valence-electron chi connectivity index (χ4n) is 2.96. The van der Waals surface area contributed by atoms with Gasteiger partial charge in [-0.2, -0.15) is 4.98 Å². The number of hydrogen-bond donors (Lipinski definition) is 1. The fourth-order valence-corrected chi connectivity index (χ4v) is 4.72. The largest absolute Gasteiger partial charge is 0.419 e. The lowest BCUT2D eigenvalue weighted by atomic mass is 10.2. The minimum Gasteiger partial charge on any atom is -0.419 e. The molecule has 0 saturated carbocycles. The van der Waals surface area contributed by atoms with Gasteiger partial charge in [0.25, 0.3) is 0 Å². The molecule has 4 aromatic rings. The van der Waals surface area contributed by atoms with Crippen molar-refractivity contribution in [2.45, 2.75) is 22.9 Å². The van der Waals surface area contributed by atoms with E-state index < -0.39 is 9.84 Å². The Morgan fingerprint density at radius 1 is 1.13 bits per heavy atom. The van der Waals surface area contributed by atoms with Crippen LogP contribution in [0.4, 0.5) is 5.88 Å². The molecule has 2 aromatic carbocycles. The normalized spacial score (nSPS) is 11.5. The number of rotatable bonds is 8. The molecule has 0 unspecified atom stereocenters. The SMILES string of the molecule is O=S(=O)(c1ccc(Br)cc1)c1nc(-c2ccccc2Cl)oc1NCCCn1ccnc1. The molecule has 160 valence electrons. The van der Waals surface area contributed by atoms with E-state index in [1.54, 1.807) is 48.9 Å². The van der Waals surface area contributed by atoms with Crippen LogP contribution in [-0.4, -0.2) is 29.5 Å². The van der Waals surface area contributed by atoms with Gasteiger partial charge in [-0.1, -0.05) is 39.7 Å². The van der Waals surface area contributed by atoms with Crippen LogP contribution in [0.25, 0.3) is 11.5 Å². The molecule has 0 aliphatic rings. The zero-order valence-electron chi connectivity index (χ0n) is 16.2. The summed E-state index contributed by atoms with van der Waals surface area (Å²) >= 11 is 9.59. The van der Waals surface area contributed by atoms with E-state index in [4.69, 9.17) is 16.0 Å². The summed E-state index contributed by atoms with van der Waals surface area (Å²) in [5.74, 6) is 0.224. The zero-order valence-corrected chi connectivity index (χ0v) is 19.4. The molecule has 0 aliphatic carbocycles. The van der Waals surface area contributed by atoms with Crippen LogP contribution in [0.5, 0.6) is 0 Å².